The SMILES string of the molecule is CC1(C)COc2ccc(C(O)Cc3ccccc3F)cc21. The lowest BCUT2D eigenvalue weighted by Crippen LogP contribution is -2.18. The van der Waals surface area contributed by atoms with Crippen LogP contribution in [0.1, 0.15) is 36.6 Å². The van der Waals surface area contributed by atoms with Crippen LogP contribution in [0.4, 0.5) is 4.39 Å². The highest BCUT2D eigenvalue weighted by Gasteiger charge is 2.32. The summed E-state index contributed by atoms with van der Waals surface area (Å²) in [5, 5.41) is 10.4. The summed E-state index contributed by atoms with van der Waals surface area (Å²) in [5.74, 6) is 0.600. The van der Waals surface area contributed by atoms with Crippen molar-refractivity contribution >= 4 is 0 Å². The van der Waals surface area contributed by atoms with E-state index in [1.54, 1.807) is 18.2 Å². The smallest absolute Gasteiger partial charge is 0.126 e. The molecule has 0 saturated carbocycles. The van der Waals surface area contributed by atoms with E-state index in [0.717, 1.165) is 16.9 Å². The maximum absolute atomic E-state index is 13.7. The Kier molecular flexibility index (Phi) is 3.46. The third-order valence-electron chi connectivity index (χ3n) is 4.08. The summed E-state index contributed by atoms with van der Waals surface area (Å²) < 4.78 is 19.3. The minimum Gasteiger partial charge on any atom is -0.492 e. The normalized spacial score (nSPS) is 17.1. The molecule has 2 aromatic carbocycles. The van der Waals surface area contributed by atoms with Crippen LogP contribution < -0.4 is 4.74 Å². The minimum absolute atomic E-state index is 0.0525. The summed E-state index contributed by atoms with van der Waals surface area (Å²) in [6.45, 7) is 4.88. The zero-order valence-electron chi connectivity index (χ0n) is 12.3. The molecular formula is C18H19FO2. The largest absolute Gasteiger partial charge is 0.492 e. The van der Waals surface area contributed by atoms with Gasteiger partial charge in [0.25, 0.3) is 0 Å². The quantitative estimate of drug-likeness (QED) is 0.930. The van der Waals surface area contributed by atoms with Gasteiger partial charge in [0, 0.05) is 17.4 Å². The number of fused-ring (bicyclic) bond motifs is 1. The van der Waals surface area contributed by atoms with Crippen molar-refractivity contribution in [1.29, 1.82) is 0 Å². The lowest BCUT2D eigenvalue weighted by Gasteiger charge is -2.18. The number of halogens is 1. The summed E-state index contributed by atoms with van der Waals surface area (Å²) >= 11 is 0. The van der Waals surface area contributed by atoms with Crippen LogP contribution >= 0.6 is 0 Å². The second-order valence-electron chi connectivity index (χ2n) is 6.24. The van der Waals surface area contributed by atoms with Crippen molar-refractivity contribution in [1.82, 2.24) is 0 Å². The van der Waals surface area contributed by atoms with Gasteiger partial charge in [-0.25, -0.2) is 4.39 Å². The molecule has 1 unspecified atom stereocenters. The molecule has 1 heterocycles. The zero-order chi connectivity index (χ0) is 15.0. The van der Waals surface area contributed by atoms with Crippen molar-refractivity contribution in [2.75, 3.05) is 6.61 Å². The van der Waals surface area contributed by atoms with Gasteiger partial charge >= 0.3 is 0 Å². The van der Waals surface area contributed by atoms with E-state index in [-0.39, 0.29) is 17.7 Å². The van der Waals surface area contributed by atoms with Crippen LogP contribution in [0.25, 0.3) is 0 Å². The van der Waals surface area contributed by atoms with E-state index in [1.807, 2.05) is 18.2 Å². The molecule has 0 spiro atoms. The first kappa shape index (κ1) is 14.1. The highest BCUT2D eigenvalue weighted by atomic mass is 19.1. The molecule has 21 heavy (non-hydrogen) atoms. The molecule has 3 heteroatoms. The van der Waals surface area contributed by atoms with E-state index in [0.29, 0.717) is 12.2 Å². The number of aliphatic hydroxyl groups excluding tert-OH is 1. The topological polar surface area (TPSA) is 29.5 Å². The zero-order valence-corrected chi connectivity index (χ0v) is 12.3. The molecule has 0 bridgehead atoms. The Morgan fingerprint density at radius 2 is 2.00 bits per heavy atom. The van der Waals surface area contributed by atoms with Crippen LogP contribution in [0.2, 0.25) is 0 Å². The summed E-state index contributed by atoms with van der Waals surface area (Å²) in [7, 11) is 0. The Bertz CT molecular complexity index is 664. The Morgan fingerprint density at radius 1 is 1.24 bits per heavy atom. The van der Waals surface area contributed by atoms with E-state index in [2.05, 4.69) is 13.8 Å². The maximum atomic E-state index is 13.7. The van der Waals surface area contributed by atoms with Gasteiger partial charge < -0.3 is 9.84 Å². The fourth-order valence-corrected chi connectivity index (χ4v) is 2.74. The molecule has 0 fully saturated rings. The molecular weight excluding hydrogens is 267 g/mol. The molecule has 2 aromatic rings. The van der Waals surface area contributed by atoms with Gasteiger partial charge in [-0.2, -0.15) is 0 Å². The average Bonchev–Trinajstić information content (AvgIpc) is 2.77. The van der Waals surface area contributed by atoms with Crippen molar-refractivity contribution < 1.29 is 14.2 Å². The third-order valence-corrected chi connectivity index (χ3v) is 4.08. The Morgan fingerprint density at radius 3 is 2.76 bits per heavy atom. The van der Waals surface area contributed by atoms with Crippen molar-refractivity contribution in [3.63, 3.8) is 0 Å². The Balaban J connectivity index is 1.86. The van der Waals surface area contributed by atoms with Gasteiger partial charge in [-0.3, -0.25) is 0 Å². The minimum atomic E-state index is -0.719. The molecule has 0 radical (unpaired) electrons. The van der Waals surface area contributed by atoms with E-state index in [4.69, 9.17) is 4.74 Å². The molecule has 0 saturated heterocycles. The van der Waals surface area contributed by atoms with Gasteiger partial charge in [0.2, 0.25) is 0 Å². The standard InChI is InChI=1S/C18H19FO2/c1-18(2)11-21-17-8-7-13(9-14(17)18)16(20)10-12-5-3-4-6-15(12)19/h3-9,16,20H,10-11H2,1-2H3. The van der Waals surface area contributed by atoms with E-state index < -0.39 is 6.10 Å². The van der Waals surface area contributed by atoms with Crippen molar-refractivity contribution in [3.8, 4) is 5.75 Å². The van der Waals surface area contributed by atoms with Crippen molar-refractivity contribution in [2.24, 2.45) is 0 Å². The predicted octanol–water partition coefficient (Wildman–Crippen LogP) is 3.77. The lowest BCUT2D eigenvalue weighted by molar-refractivity contribution is 0.177. The van der Waals surface area contributed by atoms with Crippen LogP contribution in [0.15, 0.2) is 42.5 Å². The van der Waals surface area contributed by atoms with E-state index in [9.17, 15) is 9.50 Å². The van der Waals surface area contributed by atoms with Crippen molar-refractivity contribution in [2.45, 2.75) is 31.8 Å². The molecule has 3 rings (SSSR count). The second kappa shape index (κ2) is 5.15. The molecule has 1 aliphatic rings. The summed E-state index contributed by atoms with van der Waals surface area (Å²) in [4.78, 5) is 0. The number of benzene rings is 2. The monoisotopic (exact) mass is 286 g/mol. The third kappa shape index (κ3) is 2.66. The van der Waals surface area contributed by atoms with E-state index >= 15 is 0 Å². The van der Waals surface area contributed by atoms with E-state index in [1.165, 1.54) is 6.07 Å². The fourth-order valence-electron chi connectivity index (χ4n) is 2.74. The summed E-state index contributed by atoms with van der Waals surface area (Å²) in [6, 6.07) is 12.3. The van der Waals surface area contributed by atoms with Gasteiger partial charge in [-0.1, -0.05) is 38.1 Å². The van der Waals surface area contributed by atoms with Crippen molar-refractivity contribution in [3.05, 3.63) is 65.0 Å². The number of aliphatic hydroxyl groups is 1. The number of hydrogen-bond donors (Lipinski definition) is 1. The molecule has 1 aliphatic heterocycles. The fraction of sp³-hybridized carbons (Fsp3) is 0.333. The van der Waals surface area contributed by atoms with Gasteiger partial charge in [0.15, 0.2) is 0 Å². The van der Waals surface area contributed by atoms with Crippen LogP contribution in [0.3, 0.4) is 0 Å². The lowest BCUT2D eigenvalue weighted by atomic mass is 9.85. The maximum Gasteiger partial charge on any atom is 0.126 e. The molecule has 2 nitrogen and oxygen atoms in total. The molecule has 1 N–H and O–H groups in total. The first-order valence-electron chi connectivity index (χ1n) is 7.16. The summed E-state index contributed by atoms with van der Waals surface area (Å²) in [6.07, 6.45) is -0.448. The Labute approximate surface area is 124 Å². The van der Waals surface area contributed by atoms with Crippen LogP contribution in [-0.2, 0) is 11.8 Å². The number of ether oxygens (including phenoxy) is 1. The molecule has 0 aliphatic carbocycles. The number of hydrogen-bond acceptors (Lipinski definition) is 2. The average molecular weight is 286 g/mol. The first-order chi connectivity index (χ1) is 9.97. The van der Waals surface area contributed by atoms with Crippen LogP contribution in [0, 0.1) is 5.82 Å². The van der Waals surface area contributed by atoms with Crippen LogP contribution in [-0.4, -0.2) is 11.7 Å². The Hall–Kier alpha value is -1.87. The van der Waals surface area contributed by atoms with Gasteiger partial charge in [-0.05, 0) is 29.3 Å². The van der Waals surface area contributed by atoms with Crippen LogP contribution in [0.5, 0.6) is 5.75 Å². The predicted molar refractivity (Wildman–Crippen MR) is 80.0 cm³/mol. The first-order valence-corrected chi connectivity index (χ1v) is 7.16. The van der Waals surface area contributed by atoms with Gasteiger partial charge in [-0.15, -0.1) is 0 Å². The molecule has 0 amide bonds. The second-order valence-corrected chi connectivity index (χ2v) is 6.24. The van der Waals surface area contributed by atoms with Gasteiger partial charge in [0.05, 0.1) is 12.7 Å². The highest BCUT2D eigenvalue weighted by molar-refractivity contribution is 5.45. The number of rotatable bonds is 3. The molecule has 0 aromatic heterocycles. The molecule has 1 atom stereocenters. The highest BCUT2D eigenvalue weighted by Crippen LogP contribution is 2.39. The van der Waals surface area contributed by atoms with Gasteiger partial charge in [0.1, 0.15) is 11.6 Å². The summed E-state index contributed by atoms with van der Waals surface area (Å²) in [5.41, 5.74) is 2.38. The molecule has 110 valence electrons.